The molecule has 0 radical (unpaired) electrons. The van der Waals surface area contributed by atoms with Crippen molar-refractivity contribution in [2.45, 2.75) is 71.9 Å². The van der Waals surface area contributed by atoms with Crippen LogP contribution in [0.25, 0.3) is 0 Å². The van der Waals surface area contributed by atoms with Crippen LogP contribution in [0, 0.1) is 5.92 Å². The Balaban J connectivity index is 0.00000363. The molecule has 1 amide bonds. The van der Waals surface area contributed by atoms with E-state index in [1.807, 2.05) is 6.20 Å². The van der Waals surface area contributed by atoms with Crippen LogP contribution in [0.4, 0.5) is 5.82 Å². The zero-order valence-electron chi connectivity index (χ0n) is 20.0. The molecule has 1 aromatic heterocycles. The molecular formula is C24H41IN6O. The second kappa shape index (κ2) is 13.9. The number of carbonyl (C=O) groups excluding carboxylic acids is 1. The minimum atomic E-state index is 0. The van der Waals surface area contributed by atoms with Crippen LogP contribution < -0.4 is 15.5 Å². The van der Waals surface area contributed by atoms with Gasteiger partial charge in [-0.05, 0) is 51.7 Å². The molecule has 2 N–H and O–H groups in total. The number of hydrogen-bond acceptors (Lipinski definition) is 4. The van der Waals surface area contributed by atoms with Crippen LogP contribution in [0.15, 0.2) is 23.3 Å². The topological polar surface area (TPSA) is 72.9 Å². The molecule has 32 heavy (non-hydrogen) atoms. The lowest BCUT2D eigenvalue weighted by molar-refractivity contribution is -0.135. The van der Waals surface area contributed by atoms with Gasteiger partial charge in [0.05, 0.1) is 6.54 Å². The molecular weight excluding hydrogens is 515 g/mol. The van der Waals surface area contributed by atoms with Gasteiger partial charge in [-0.15, -0.1) is 24.0 Å². The first kappa shape index (κ1) is 26.7. The summed E-state index contributed by atoms with van der Waals surface area (Å²) in [6, 6.07) is 4.44. The average molecular weight is 557 g/mol. The molecule has 0 bridgehead atoms. The molecule has 0 aromatic carbocycles. The number of aromatic nitrogens is 1. The summed E-state index contributed by atoms with van der Waals surface area (Å²) < 4.78 is 0. The molecule has 1 aromatic rings. The fraction of sp³-hybridized carbons (Fsp3) is 0.708. The van der Waals surface area contributed by atoms with Crippen molar-refractivity contribution in [3.63, 3.8) is 0 Å². The third-order valence-electron chi connectivity index (χ3n) is 6.46. The van der Waals surface area contributed by atoms with Crippen molar-refractivity contribution in [1.29, 1.82) is 0 Å². The van der Waals surface area contributed by atoms with Gasteiger partial charge in [0.2, 0.25) is 5.91 Å². The van der Waals surface area contributed by atoms with Gasteiger partial charge < -0.3 is 20.4 Å². The van der Waals surface area contributed by atoms with E-state index in [0.29, 0.717) is 12.5 Å². The van der Waals surface area contributed by atoms with Crippen LogP contribution in [-0.2, 0) is 11.3 Å². The molecule has 180 valence electrons. The van der Waals surface area contributed by atoms with E-state index in [1.165, 1.54) is 19.3 Å². The Morgan fingerprint density at radius 2 is 1.91 bits per heavy atom. The normalized spacial score (nSPS) is 19.4. The molecule has 1 aliphatic heterocycles. The molecule has 1 saturated carbocycles. The van der Waals surface area contributed by atoms with Gasteiger partial charge in [-0.1, -0.05) is 25.3 Å². The average Bonchev–Trinajstić information content (AvgIpc) is 3.28. The van der Waals surface area contributed by atoms with Gasteiger partial charge in [0.1, 0.15) is 5.82 Å². The SMILES string of the molecule is CCNC(=NCc1ccc(N(CC)CC)nc1)NC1CCN(C(=O)C2CCCCC2)C1.I. The maximum Gasteiger partial charge on any atom is 0.225 e. The highest BCUT2D eigenvalue weighted by Gasteiger charge is 2.31. The van der Waals surface area contributed by atoms with Crippen molar-refractivity contribution in [3.05, 3.63) is 23.9 Å². The number of anilines is 1. The summed E-state index contributed by atoms with van der Waals surface area (Å²) in [6.45, 7) is 11.3. The van der Waals surface area contributed by atoms with Crippen molar-refractivity contribution in [2.75, 3.05) is 37.6 Å². The van der Waals surface area contributed by atoms with Gasteiger partial charge >= 0.3 is 0 Å². The van der Waals surface area contributed by atoms with Gasteiger partial charge in [-0.25, -0.2) is 9.98 Å². The van der Waals surface area contributed by atoms with E-state index in [-0.39, 0.29) is 35.9 Å². The smallest absolute Gasteiger partial charge is 0.225 e. The first-order chi connectivity index (χ1) is 15.1. The van der Waals surface area contributed by atoms with Crippen LogP contribution in [0.1, 0.15) is 64.9 Å². The Kier molecular flexibility index (Phi) is 11.5. The van der Waals surface area contributed by atoms with Crippen molar-refractivity contribution >= 4 is 41.7 Å². The number of halogens is 1. The zero-order chi connectivity index (χ0) is 22.1. The van der Waals surface area contributed by atoms with Crippen molar-refractivity contribution < 1.29 is 4.79 Å². The molecule has 8 heteroatoms. The summed E-state index contributed by atoms with van der Waals surface area (Å²) in [6.07, 6.45) is 8.72. The third kappa shape index (κ3) is 7.49. The number of amides is 1. The Morgan fingerprint density at radius 3 is 2.53 bits per heavy atom. The molecule has 0 spiro atoms. The van der Waals surface area contributed by atoms with Crippen LogP contribution in [-0.4, -0.2) is 60.5 Å². The summed E-state index contributed by atoms with van der Waals surface area (Å²) in [7, 11) is 0. The number of guanidine groups is 1. The summed E-state index contributed by atoms with van der Waals surface area (Å²) in [5.41, 5.74) is 1.09. The van der Waals surface area contributed by atoms with Gasteiger partial charge in [-0.3, -0.25) is 4.79 Å². The number of nitrogens with one attached hydrogen (secondary N) is 2. The van der Waals surface area contributed by atoms with E-state index in [0.717, 1.165) is 69.3 Å². The number of carbonyl (C=O) groups is 1. The van der Waals surface area contributed by atoms with Gasteiger partial charge in [-0.2, -0.15) is 0 Å². The summed E-state index contributed by atoms with van der Waals surface area (Å²) >= 11 is 0. The van der Waals surface area contributed by atoms with Crippen molar-refractivity contribution in [3.8, 4) is 0 Å². The van der Waals surface area contributed by atoms with Gasteiger partial charge in [0, 0.05) is 50.9 Å². The zero-order valence-corrected chi connectivity index (χ0v) is 22.3. The molecule has 2 heterocycles. The molecule has 2 fully saturated rings. The summed E-state index contributed by atoms with van der Waals surface area (Å²) in [5, 5.41) is 6.88. The fourth-order valence-electron chi connectivity index (χ4n) is 4.61. The number of likely N-dealkylation sites (tertiary alicyclic amines) is 1. The highest BCUT2D eigenvalue weighted by atomic mass is 127. The van der Waals surface area contributed by atoms with Gasteiger partial charge in [0.25, 0.3) is 0 Å². The summed E-state index contributed by atoms with van der Waals surface area (Å²) in [5.74, 6) is 2.44. The van der Waals surface area contributed by atoms with Crippen molar-refractivity contribution in [2.24, 2.45) is 10.9 Å². The molecule has 1 unspecified atom stereocenters. The Morgan fingerprint density at radius 1 is 1.16 bits per heavy atom. The molecule has 1 atom stereocenters. The minimum absolute atomic E-state index is 0. The lowest BCUT2D eigenvalue weighted by atomic mass is 9.88. The van der Waals surface area contributed by atoms with E-state index in [2.05, 4.69) is 58.3 Å². The lowest BCUT2D eigenvalue weighted by Gasteiger charge is -2.26. The molecule has 2 aliphatic rings. The number of hydrogen-bond donors (Lipinski definition) is 2. The molecule has 1 aliphatic carbocycles. The minimum Gasteiger partial charge on any atom is -0.357 e. The van der Waals surface area contributed by atoms with Crippen LogP contribution in [0.5, 0.6) is 0 Å². The van der Waals surface area contributed by atoms with Crippen molar-refractivity contribution in [1.82, 2.24) is 20.5 Å². The summed E-state index contributed by atoms with van der Waals surface area (Å²) in [4.78, 5) is 26.5. The highest BCUT2D eigenvalue weighted by molar-refractivity contribution is 14.0. The first-order valence-electron chi connectivity index (χ1n) is 12.2. The maximum atomic E-state index is 12.8. The standard InChI is InChI=1S/C24H40N6O.HI/c1-4-25-24(27-17-19-12-13-22(26-16-19)29(5-2)6-3)28-21-14-15-30(18-21)23(31)20-10-8-7-9-11-20;/h12-13,16,20-21H,4-11,14-15,17-18H2,1-3H3,(H2,25,27,28);1H. The number of aliphatic imine (C=N–C) groups is 1. The van der Waals surface area contributed by atoms with Crippen LogP contribution in [0.2, 0.25) is 0 Å². The van der Waals surface area contributed by atoms with E-state index in [1.54, 1.807) is 0 Å². The fourth-order valence-corrected chi connectivity index (χ4v) is 4.61. The number of pyridine rings is 1. The molecule has 1 saturated heterocycles. The Labute approximate surface area is 210 Å². The Bertz CT molecular complexity index is 716. The number of nitrogens with zero attached hydrogens (tertiary/aromatic N) is 4. The second-order valence-corrected chi connectivity index (χ2v) is 8.64. The van der Waals surface area contributed by atoms with Gasteiger partial charge in [0.15, 0.2) is 5.96 Å². The first-order valence-corrected chi connectivity index (χ1v) is 12.2. The number of rotatable bonds is 8. The quantitative estimate of drug-likeness (QED) is 0.290. The third-order valence-corrected chi connectivity index (χ3v) is 6.46. The molecule has 7 nitrogen and oxygen atoms in total. The monoisotopic (exact) mass is 556 g/mol. The predicted molar refractivity (Wildman–Crippen MR) is 143 cm³/mol. The van der Waals surface area contributed by atoms with Crippen LogP contribution >= 0.6 is 24.0 Å². The highest BCUT2D eigenvalue weighted by Crippen LogP contribution is 2.26. The lowest BCUT2D eigenvalue weighted by Crippen LogP contribution is -2.45. The maximum absolute atomic E-state index is 12.8. The molecule has 3 rings (SSSR count). The van der Waals surface area contributed by atoms with E-state index in [4.69, 9.17) is 4.99 Å². The van der Waals surface area contributed by atoms with E-state index < -0.39 is 0 Å². The largest absolute Gasteiger partial charge is 0.357 e. The Hall–Kier alpha value is -1.58. The second-order valence-electron chi connectivity index (χ2n) is 8.64. The van der Waals surface area contributed by atoms with E-state index >= 15 is 0 Å². The predicted octanol–water partition coefficient (Wildman–Crippen LogP) is 3.78. The van der Waals surface area contributed by atoms with Crippen LogP contribution in [0.3, 0.4) is 0 Å². The van der Waals surface area contributed by atoms with E-state index in [9.17, 15) is 4.79 Å².